The van der Waals surface area contributed by atoms with Crippen LogP contribution in [0.1, 0.15) is 12.0 Å². The number of thiocarbonyl (C=S) groups is 1. The van der Waals surface area contributed by atoms with E-state index in [2.05, 4.69) is 15.4 Å². The number of ether oxygens (including phenoxy) is 2. The molecule has 0 atom stereocenters. The highest BCUT2D eigenvalue weighted by Crippen LogP contribution is 2.32. The van der Waals surface area contributed by atoms with Crippen LogP contribution in [0.25, 0.3) is 11.4 Å². The van der Waals surface area contributed by atoms with Crippen LogP contribution in [-0.2, 0) is 17.9 Å². The zero-order chi connectivity index (χ0) is 21.9. The van der Waals surface area contributed by atoms with Crippen molar-refractivity contribution in [1.29, 1.82) is 0 Å². The summed E-state index contributed by atoms with van der Waals surface area (Å²) in [5.41, 5.74) is 2.53. The van der Waals surface area contributed by atoms with E-state index in [1.165, 1.54) is 0 Å². The monoisotopic (exact) mass is 450 g/mol. The largest absolute Gasteiger partial charge is 0.454 e. The zero-order valence-electron chi connectivity index (χ0n) is 17.3. The third-order valence-electron chi connectivity index (χ3n) is 5.30. The molecule has 0 unspecified atom stereocenters. The molecule has 5 rings (SSSR count). The molecule has 1 saturated heterocycles. The van der Waals surface area contributed by atoms with Crippen LogP contribution in [0.15, 0.2) is 54.9 Å². The van der Waals surface area contributed by atoms with Gasteiger partial charge in [-0.25, -0.2) is 0 Å². The second-order valence-corrected chi connectivity index (χ2v) is 7.84. The number of hydrazine groups is 1. The summed E-state index contributed by atoms with van der Waals surface area (Å²) in [5.74, 6) is 1.42. The Kier molecular flexibility index (Phi) is 5.59. The van der Waals surface area contributed by atoms with Crippen molar-refractivity contribution in [3.8, 4) is 22.9 Å². The highest BCUT2D eigenvalue weighted by molar-refractivity contribution is 7.80. The molecule has 164 valence electrons. The van der Waals surface area contributed by atoms with Crippen LogP contribution in [0.5, 0.6) is 11.5 Å². The van der Waals surface area contributed by atoms with Gasteiger partial charge in [-0.05, 0) is 54.5 Å². The molecule has 1 amide bonds. The van der Waals surface area contributed by atoms with Crippen LogP contribution in [0.4, 0.5) is 0 Å². The van der Waals surface area contributed by atoms with Gasteiger partial charge in [0, 0.05) is 32.0 Å². The topological polar surface area (TPSA) is 84.8 Å². The number of amides is 1. The molecule has 2 aromatic heterocycles. The molecule has 1 fully saturated rings. The first kappa shape index (κ1) is 20.3. The minimum Gasteiger partial charge on any atom is -0.454 e. The maximum atomic E-state index is 13.0. The number of nitrogens with one attached hydrogen (secondary N) is 1. The summed E-state index contributed by atoms with van der Waals surface area (Å²) in [5, 5.41) is 11.8. The molecule has 1 aromatic carbocycles. The van der Waals surface area contributed by atoms with Gasteiger partial charge in [0.15, 0.2) is 16.6 Å². The summed E-state index contributed by atoms with van der Waals surface area (Å²) >= 11 is 5.58. The summed E-state index contributed by atoms with van der Waals surface area (Å²) in [4.78, 5) is 17.3. The lowest BCUT2D eigenvalue weighted by Crippen LogP contribution is -2.49. The standard InChI is InChI=1S/C22H22N6O3S/c29-21(14-26-11-7-18(25-26)17-4-1-2-8-23-17)27-9-3-10-28(27)22(32)24-13-16-5-6-19-20(12-16)31-15-30-19/h1-2,4-8,11-12H,3,9-10,13-15H2,(H,24,32). The first-order chi connectivity index (χ1) is 15.7. The Hall–Kier alpha value is -3.66. The van der Waals surface area contributed by atoms with E-state index >= 15 is 0 Å². The Labute approximate surface area is 190 Å². The summed E-state index contributed by atoms with van der Waals surface area (Å²) in [6, 6.07) is 13.3. The third-order valence-corrected chi connectivity index (χ3v) is 5.65. The van der Waals surface area contributed by atoms with Gasteiger partial charge >= 0.3 is 0 Å². The molecule has 4 heterocycles. The number of pyridine rings is 1. The highest BCUT2D eigenvalue weighted by atomic mass is 32.1. The quantitative estimate of drug-likeness (QED) is 0.593. The van der Waals surface area contributed by atoms with Crippen molar-refractivity contribution in [2.45, 2.75) is 19.5 Å². The number of benzene rings is 1. The fourth-order valence-electron chi connectivity index (χ4n) is 3.72. The van der Waals surface area contributed by atoms with Gasteiger partial charge in [-0.15, -0.1) is 0 Å². The Morgan fingerprint density at radius 2 is 1.94 bits per heavy atom. The van der Waals surface area contributed by atoms with Crippen molar-refractivity contribution in [2.24, 2.45) is 0 Å². The summed E-state index contributed by atoms with van der Waals surface area (Å²) in [6.45, 7) is 2.22. The van der Waals surface area contributed by atoms with E-state index in [1.807, 2.05) is 47.5 Å². The molecule has 3 aromatic rings. The first-order valence-corrected chi connectivity index (χ1v) is 10.8. The van der Waals surface area contributed by atoms with E-state index in [1.54, 1.807) is 22.1 Å². The zero-order valence-corrected chi connectivity index (χ0v) is 18.1. The van der Waals surface area contributed by atoms with Crippen molar-refractivity contribution in [1.82, 2.24) is 30.1 Å². The van der Waals surface area contributed by atoms with Crippen LogP contribution in [0, 0.1) is 0 Å². The number of fused-ring (bicyclic) bond motifs is 1. The van der Waals surface area contributed by atoms with E-state index in [-0.39, 0.29) is 19.2 Å². The Morgan fingerprint density at radius 1 is 1.06 bits per heavy atom. The van der Waals surface area contributed by atoms with Crippen molar-refractivity contribution >= 4 is 23.2 Å². The average Bonchev–Trinajstić information content (AvgIpc) is 3.58. The molecule has 0 radical (unpaired) electrons. The number of hydrogen-bond acceptors (Lipinski definition) is 6. The second kappa shape index (κ2) is 8.83. The van der Waals surface area contributed by atoms with Crippen molar-refractivity contribution in [3.63, 3.8) is 0 Å². The number of carbonyl (C=O) groups is 1. The van der Waals surface area contributed by atoms with E-state index in [0.29, 0.717) is 24.7 Å². The van der Waals surface area contributed by atoms with Crippen molar-refractivity contribution < 1.29 is 14.3 Å². The fraction of sp³-hybridized carbons (Fsp3) is 0.273. The fourth-order valence-corrected chi connectivity index (χ4v) is 3.98. The highest BCUT2D eigenvalue weighted by Gasteiger charge is 2.29. The van der Waals surface area contributed by atoms with Gasteiger partial charge < -0.3 is 14.8 Å². The average molecular weight is 451 g/mol. The molecule has 0 saturated carbocycles. The van der Waals surface area contributed by atoms with Gasteiger partial charge in [-0.1, -0.05) is 12.1 Å². The number of hydrogen-bond donors (Lipinski definition) is 1. The van der Waals surface area contributed by atoms with Gasteiger partial charge in [-0.3, -0.25) is 24.5 Å². The molecular weight excluding hydrogens is 428 g/mol. The molecular formula is C22H22N6O3S. The molecule has 1 N–H and O–H groups in total. The number of carbonyl (C=O) groups excluding carboxylic acids is 1. The first-order valence-electron chi connectivity index (χ1n) is 10.4. The van der Waals surface area contributed by atoms with Gasteiger partial charge in [0.1, 0.15) is 12.2 Å². The minimum atomic E-state index is -0.0644. The maximum absolute atomic E-state index is 13.0. The Balaban J connectivity index is 1.19. The van der Waals surface area contributed by atoms with Crippen LogP contribution < -0.4 is 14.8 Å². The van der Waals surface area contributed by atoms with Gasteiger partial charge in [0.25, 0.3) is 5.91 Å². The molecule has 2 aliphatic rings. The molecule has 32 heavy (non-hydrogen) atoms. The predicted molar refractivity (Wildman–Crippen MR) is 120 cm³/mol. The van der Waals surface area contributed by atoms with Crippen molar-refractivity contribution in [3.05, 3.63) is 60.4 Å². The van der Waals surface area contributed by atoms with E-state index < -0.39 is 0 Å². The van der Waals surface area contributed by atoms with E-state index in [4.69, 9.17) is 21.7 Å². The predicted octanol–water partition coefficient (Wildman–Crippen LogP) is 2.20. The maximum Gasteiger partial charge on any atom is 0.262 e. The normalized spacial score (nSPS) is 14.6. The summed E-state index contributed by atoms with van der Waals surface area (Å²) < 4.78 is 12.4. The molecule has 10 heteroatoms. The second-order valence-electron chi connectivity index (χ2n) is 7.45. The van der Waals surface area contributed by atoms with Crippen LogP contribution in [0.3, 0.4) is 0 Å². The molecule has 0 aliphatic carbocycles. The van der Waals surface area contributed by atoms with Gasteiger partial charge in [-0.2, -0.15) is 5.10 Å². The number of rotatable bonds is 5. The van der Waals surface area contributed by atoms with Gasteiger partial charge in [0.2, 0.25) is 6.79 Å². The number of nitrogens with zero attached hydrogens (tertiary/aromatic N) is 5. The van der Waals surface area contributed by atoms with Crippen LogP contribution >= 0.6 is 12.2 Å². The molecule has 0 bridgehead atoms. The summed E-state index contributed by atoms with van der Waals surface area (Å²) in [7, 11) is 0. The lowest BCUT2D eigenvalue weighted by atomic mass is 10.2. The number of aromatic nitrogens is 3. The van der Waals surface area contributed by atoms with Crippen LogP contribution in [-0.4, -0.2) is 55.7 Å². The molecule has 2 aliphatic heterocycles. The Bertz CT molecular complexity index is 1140. The lowest BCUT2D eigenvalue weighted by molar-refractivity contribution is -0.139. The van der Waals surface area contributed by atoms with Crippen LogP contribution in [0.2, 0.25) is 0 Å². The molecule has 9 nitrogen and oxygen atoms in total. The third kappa shape index (κ3) is 4.22. The minimum absolute atomic E-state index is 0.0644. The smallest absolute Gasteiger partial charge is 0.262 e. The molecule has 0 spiro atoms. The summed E-state index contributed by atoms with van der Waals surface area (Å²) in [6.07, 6.45) is 4.37. The SMILES string of the molecule is O=C(Cn1ccc(-c2ccccn2)n1)N1CCCN1C(=S)NCc1ccc2c(c1)OCO2. The Morgan fingerprint density at radius 3 is 2.81 bits per heavy atom. The van der Waals surface area contributed by atoms with Gasteiger partial charge in [0.05, 0.1) is 5.69 Å². The van der Waals surface area contributed by atoms with Crippen molar-refractivity contribution in [2.75, 3.05) is 19.9 Å². The van der Waals surface area contributed by atoms with E-state index in [0.717, 1.165) is 34.9 Å². The lowest BCUT2D eigenvalue weighted by Gasteiger charge is -2.30. The van der Waals surface area contributed by atoms with E-state index in [9.17, 15) is 4.79 Å².